The second-order valence-electron chi connectivity index (χ2n) is 5.64. The van der Waals surface area contributed by atoms with Gasteiger partial charge < -0.3 is 5.11 Å². The van der Waals surface area contributed by atoms with Crippen LogP contribution in [0, 0.1) is 11.8 Å². The van der Waals surface area contributed by atoms with E-state index in [-0.39, 0.29) is 6.61 Å². The van der Waals surface area contributed by atoms with Crippen LogP contribution in [0.2, 0.25) is 10.6 Å². The maximum Gasteiger partial charge on any atom is -0.0667 e. The Kier molecular flexibility index (Phi) is 19.2. The van der Waals surface area contributed by atoms with Gasteiger partial charge in [-0.25, -0.2) is 0 Å². The van der Waals surface area contributed by atoms with E-state index in [1.54, 1.807) is 0 Å². The van der Waals surface area contributed by atoms with Crippen LogP contribution in [0.25, 0.3) is 0 Å². The van der Waals surface area contributed by atoms with Gasteiger partial charge in [0.25, 0.3) is 0 Å². The van der Waals surface area contributed by atoms with E-state index in [4.69, 9.17) is 0 Å². The Balaban J connectivity index is 0. The molecule has 0 spiro atoms. The van der Waals surface area contributed by atoms with E-state index in [1.165, 1.54) is 36.2 Å². The molecule has 0 heterocycles. The van der Waals surface area contributed by atoms with Crippen LogP contribution in [-0.2, 0) is 0 Å². The number of hydrogen-bond acceptors (Lipinski definition) is 1. The molecule has 102 valence electrons. The first-order chi connectivity index (χ1) is 8.04. The van der Waals surface area contributed by atoms with Crippen LogP contribution in [0.1, 0.15) is 66.7 Å². The van der Waals surface area contributed by atoms with Crippen LogP contribution in [0.5, 0.6) is 0 Å². The van der Waals surface area contributed by atoms with Gasteiger partial charge in [0.2, 0.25) is 0 Å². The molecule has 0 aromatic carbocycles. The molecule has 0 saturated carbocycles. The molecule has 0 bridgehead atoms. The summed E-state index contributed by atoms with van der Waals surface area (Å²) in [5.41, 5.74) is 0. The predicted molar refractivity (Wildman–Crippen MR) is 78.7 cm³/mol. The van der Waals surface area contributed by atoms with E-state index in [0.717, 1.165) is 33.5 Å². The Morgan fingerprint density at radius 3 is 1.47 bits per heavy atom. The number of hydrogen-bond donors (Lipinski definition) is 0. The van der Waals surface area contributed by atoms with Gasteiger partial charge in [0.1, 0.15) is 0 Å². The van der Waals surface area contributed by atoms with Crippen LogP contribution in [0.4, 0.5) is 0 Å². The van der Waals surface area contributed by atoms with Gasteiger partial charge in [-0.1, -0.05) is 13.3 Å². The van der Waals surface area contributed by atoms with Crippen molar-refractivity contribution >= 4 is 15.2 Å². The summed E-state index contributed by atoms with van der Waals surface area (Å²) in [6, 6.07) is 0. The largest absolute Gasteiger partial charge is 0.854 e. The quantitative estimate of drug-likeness (QED) is 0.449. The molecule has 0 aromatic rings. The minimum absolute atomic E-state index is 0.0694. The summed E-state index contributed by atoms with van der Waals surface area (Å²) in [6.45, 7) is 11.2. The van der Waals surface area contributed by atoms with E-state index in [0.29, 0.717) is 0 Å². The monoisotopic (exact) mass is 256 g/mol. The molecule has 17 heavy (non-hydrogen) atoms. The van der Waals surface area contributed by atoms with Crippen molar-refractivity contribution in [2.75, 3.05) is 6.61 Å². The average Bonchev–Trinajstić information content (AvgIpc) is 2.27. The van der Waals surface area contributed by atoms with Crippen molar-refractivity contribution in [3.8, 4) is 0 Å². The second kappa shape index (κ2) is 16.5. The maximum atomic E-state index is 9.30. The van der Waals surface area contributed by atoms with Crippen molar-refractivity contribution in [1.82, 2.24) is 0 Å². The fourth-order valence-electron chi connectivity index (χ4n) is 1.49. The van der Waals surface area contributed by atoms with Gasteiger partial charge in [-0.2, -0.15) is 0 Å². The minimum Gasteiger partial charge on any atom is -0.854 e. The third-order valence-corrected chi connectivity index (χ3v) is 4.22. The molecule has 0 aliphatic heterocycles. The molecule has 0 amide bonds. The van der Waals surface area contributed by atoms with E-state index in [2.05, 4.69) is 27.7 Å². The SMILES string of the molecule is CC(C)CC[CH2][Al+][CH2]CCC(C)C.CCC[O-]. The molecule has 1 nitrogen and oxygen atoms in total. The second-order valence-corrected chi connectivity index (χ2v) is 7.37. The van der Waals surface area contributed by atoms with E-state index >= 15 is 0 Å². The molecular weight excluding hydrogens is 223 g/mol. The Bertz CT molecular complexity index is 110. The summed E-state index contributed by atoms with van der Waals surface area (Å²) in [4.78, 5) is 0. The third kappa shape index (κ3) is 26.2. The van der Waals surface area contributed by atoms with E-state index < -0.39 is 0 Å². The Hall–Kier alpha value is 0.492. The molecule has 0 aliphatic carbocycles. The van der Waals surface area contributed by atoms with Gasteiger partial charge in [0.05, 0.1) is 0 Å². The molecule has 2 heteroatoms. The first kappa shape index (κ1) is 19.8. The third-order valence-electron chi connectivity index (χ3n) is 2.58. The summed E-state index contributed by atoms with van der Waals surface area (Å²) in [5.74, 6) is 1.82. The summed E-state index contributed by atoms with van der Waals surface area (Å²) in [7, 11) is 0. The summed E-state index contributed by atoms with van der Waals surface area (Å²) in [5, 5.41) is 12.4. The van der Waals surface area contributed by atoms with Gasteiger partial charge in [-0.05, 0) is 0 Å². The first-order valence-electron chi connectivity index (χ1n) is 7.44. The van der Waals surface area contributed by atoms with Crippen LogP contribution < -0.4 is 5.11 Å². The van der Waals surface area contributed by atoms with E-state index in [1.807, 2.05) is 6.92 Å². The van der Waals surface area contributed by atoms with Crippen molar-refractivity contribution in [2.45, 2.75) is 77.3 Å². The van der Waals surface area contributed by atoms with Crippen molar-refractivity contribution in [3.05, 3.63) is 0 Å². The smallest absolute Gasteiger partial charge is 0.0667 e. The average molecular weight is 256 g/mol. The topological polar surface area (TPSA) is 23.1 Å². The molecule has 0 fully saturated rings. The minimum atomic E-state index is 0.0694. The zero-order valence-corrected chi connectivity index (χ0v) is 14.0. The molecule has 0 radical (unpaired) electrons. The van der Waals surface area contributed by atoms with Crippen LogP contribution in [0.3, 0.4) is 0 Å². The Morgan fingerprint density at radius 1 is 0.882 bits per heavy atom. The van der Waals surface area contributed by atoms with Gasteiger partial charge in [0.15, 0.2) is 0 Å². The van der Waals surface area contributed by atoms with Crippen molar-refractivity contribution in [2.24, 2.45) is 11.8 Å². The predicted octanol–water partition coefficient (Wildman–Crippen LogP) is 4.16. The standard InChI is InChI=1S/2C6H13.C3H7O.Al/c2*1-4-5-6(2)3;1-2-3-4;/h2*6H,1,4-5H2,2-3H3;2-3H2,1H3;/q;;-1;+1. The van der Waals surface area contributed by atoms with Gasteiger partial charge in [-0.15, -0.1) is 6.61 Å². The summed E-state index contributed by atoms with van der Waals surface area (Å²) < 4.78 is 0. The first-order valence-corrected chi connectivity index (χ1v) is 9.07. The fraction of sp³-hybridized carbons (Fsp3) is 1.00. The summed E-state index contributed by atoms with van der Waals surface area (Å²) in [6.07, 6.45) is 6.61. The molecule has 0 unspecified atom stereocenters. The molecule has 0 rings (SSSR count). The fourth-order valence-corrected chi connectivity index (χ4v) is 2.82. The zero-order valence-electron chi connectivity index (χ0n) is 12.8. The van der Waals surface area contributed by atoms with Crippen LogP contribution >= 0.6 is 0 Å². The zero-order chi connectivity index (χ0) is 13.5. The van der Waals surface area contributed by atoms with Gasteiger partial charge in [0, 0.05) is 0 Å². The molecular formula is C15H33AlO. The summed E-state index contributed by atoms with van der Waals surface area (Å²) >= 11 is 0.778. The molecule has 0 atom stereocenters. The molecule has 0 aliphatic rings. The Labute approximate surface area is 116 Å². The molecule has 0 aromatic heterocycles. The van der Waals surface area contributed by atoms with Gasteiger partial charge >= 0.3 is 91.0 Å². The van der Waals surface area contributed by atoms with Crippen LogP contribution in [-0.4, -0.2) is 21.8 Å². The van der Waals surface area contributed by atoms with Gasteiger partial charge in [-0.3, -0.25) is 0 Å². The number of rotatable bonds is 9. The molecule has 0 saturated heterocycles. The van der Waals surface area contributed by atoms with Crippen molar-refractivity contribution < 1.29 is 5.11 Å². The van der Waals surface area contributed by atoms with Crippen molar-refractivity contribution in [3.63, 3.8) is 0 Å². The van der Waals surface area contributed by atoms with Crippen LogP contribution in [0.15, 0.2) is 0 Å². The van der Waals surface area contributed by atoms with E-state index in [9.17, 15) is 5.11 Å². The Morgan fingerprint density at radius 2 is 1.24 bits per heavy atom. The maximum absolute atomic E-state index is 9.30. The van der Waals surface area contributed by atoms with Crippen molar-refractivity contribution in [1.29, 1.82) is 0 Å². The normalized spacial score (nSPS) is 10.1. The molecule has 0 N–H and O–H groups in total.